The van der Waals surface area contributed by atoms with Crippen LogP contribution in [0.1, 0.15) is 31.4 Å². The minimum absolute atomic E-state index is 0.0986. The molecule has 2 atom stereocenters. The van der Waals surface area contributed by atoms with Crippen molar-refractivity contribution in [3.63, 3.8) is 0 Å². The first-order valence-corrected chi connectivity index (χ1v) is 11.3. The van der Waals surface area contributed by atoms with E-state index in [4.69, 9.17) is 21.1 Å². The molecule has 2 aliphatic rings. The lowest BCUT2D eigenvalue weighted by atomic mass is 10.1. The maximum absolute atomic E-state index is 13.0. The Labute approximate surface area is 188 Å². The molecule has 2 aromatic rings. The standard InChI is InChI=1S/C24H30ClN3O3/c1-16(2)28-14-20(27-13-18-4-3-5-19(25)10-18)12-21(28)24(29)26-9-8-17-6-7-22-23(11-17)31-15-30-22/h3-7,10-11,16,20-21,27H,8-9,12-15H2,1-2H3,(H,26,29)/t20-,21-/m0/s1. The summed E-state index contributed by atoms with van der Waals surface area (Å²) in [5, 5.41) is 7.47. The maximum atomic E-state index is 13.0. The molecule has 4 rings (SSSR count). The number of rotatable bonds is 8. The smallest absolute Gasteiger partial charge is 0.237 e. The highest BCUT2D eigenvalue weighted by Gasteiger charge is 2.37. The summed E-state index contributed by atoms with van der Waals surface area (Å²) in [6, 6.07) is 14.3. The van der Waals surface area contributed by atoms with Crippen LogP contribution >= 0.6 is 11.6 Å². The van der Waals surface area contributed by atoms with E-state index in [9.17, 15) is 4.79 Å². The number of hydrogen-bond acceptors (Lipinski definition) is 5. The molecule has 1 fully saturated rings. The predicted molar refractivity (Wildman–Crippen MR) is 122 cm³/mol. The van der Waals surface area contributed by atoms with Crippen LogP contribution in [0.4, 0.5) is 0 Å². The first-order chi connectivity index (χ1) is 15.0. The van der Waals surface area contributed by atoms with Crippen LogP contribution in [0.2, 0.25) is 5.02 Å². The van der Waals surface area contributed by atoms with Gasteiger partial charge in [0.15, 0.2) is 11.5 Å². The molecule has 0 spiro atoms. The summed E-state index contributed by atoms with van der Waals surface area (Å²) in [6.45, 7) is 6.77. The molecule has 2 heterocycles. The average Bonchev–Trinajstić information content (AvgIpc) is 3.39. The number of likely N-dealkylation sites (tertiary alicyclic amines) is 1. The van der Waals surface area contributed by atoms with Gasteiger partial charge in [-0.1, -0.05) is 29.8 Å². The van der Waals surface area contributed by atoms with Gasteiger partial charge in [-0.15, -0.1) is 0 Å². The minimum atomic E-state index is -0.117. The molecule has 0 unspecified atom stereocenters. The molecule has 2 N–H and O–H groups in total. The molecule has 2 aliphatic heterocycles. The number of hydrogen-bond donors (Lipinski definition) is 2. The van der Waals surface area contributed by atoms with Gasteiger partial charge in [-0.2, -0.15) is 0 Å². The summed E-state index contributed by atoms with van der Waals surface area (Å²) >= 11 is 6.09. The zero-order valence-electron chi connectivity index (χ0n) is 18.1. The van der Waals surface area contributed by atoms with E-state index >= 15 is 0 Å². The van der Waals surface area contributed by atoms with Crippen molar-refractivity contribution < 1.29 is 14.3 Å². The Bertz CT molecular complexity index is 921. The highest BCUT2D eigenvalue weighted by molar-refractivity contribution is 6.30. The Kier molecular flexibility index (Phi) is 7.00. The first-order valence-electron chi connectivity index (χ1n) is 10.9. The number of carbonyl (C=O) groups excluding carboxylic acids is 1. The number of halogens is 1. The number of amides is 1. The van der Waals surface area contributed by atoms with Gasteiger partial charge in [0.2, 0.25) is 12.7 Å². The van der Waals surface area contributed by atoms with Crippen molar-refractivity contribution in [3.05, 3.63) is 58.6 Å². The van der Waals surface area contributed by atoms with Crippen molar-refractivity contribution in [3.8, 4) is 11.5 Å². The van der Waals surface area contributed by atoms with Crippen LogP contribution < -0.4 is 20.1 Å². The van der Waals surface area contributed by atoms with E-state index in [-0.39, 0.29) is 24.8 Å². The predicted octanol–water partition coefficient (Wildman–Crippen LogP) is 3.37. The molecule has 0 saturated carbocycles. The highest BCUT2D eigenvalue weighted by Crippen LogP contribution is 2.32. The van der Waals surface area contributed by atoms with Gasteiger partial charge in [-0.3, -0.25) is 9.69 Å². The Balaban J connectivity index is 1.28. The molecule has 0 bridgehead atoms. The number of fused-ring (bicyclic) bond motifs is 1. The molecule has 166 valence electrons. The molecule has 31 heavy (non-hydrogen) atoms. The third-order valence-corrected chi connectivity index (χ3v) is 6.17. The third kappa shape index (κ3) is 5.50. The molecule has 0 radical (unpaired) electrons. The molecular formula is C24H30ClN3O3. The van der Waals surface area contributed by atoms with Crippen LogP contribution in [0.15, 0.2) is 42.5 Å². The van der Waals surface area contributed by atoms with E-state index in [1.807, 2.05) is 36.4 Å². The summed E-state index contributed by atoms with van der Waals surface area (Å²) in [5.41, 5.74) is 2.28. The quantitative estimate of drug-likeness (QED) is 0.655. The summed E-state index contributed by atoms with van der Waals surface area (Å²) in [7, 11) is 0. The van der Waals surface area contributed by atoms with Crippen molar-refractivity contribution in [2.24, 2.45) is 0 Å². The van der Waals surface area contributed by atoms with E-state index in [0.29, 0.717) is 12.6 Å². The second kappa shape index (κ2) is 9.90. The van der Waals surface area contributed by atoms with Crippen LogP contribution in [0.25, 0.3) is 0 Å². The van der Waals surface area contributed by atoms with Crippen LogP contribution in [0.3, 0.4) is 0 Å². The Morgan fingerprint density at radius 3 is 2.81 bits per heavy atom. The van der Waals surface area contributed by atoms with Crippen molar-refractivity contribution >= 4 is 17.5 Å². The number of nitrogens with one attached hydrogen (secondary N) is 2. The molecule has 1 saturated heterocycles. The minimum Gasteiger partial charge on any atom is -0.454 e. The average molecular weight is 444 g/mol. The molecular weight excluding hydrogens is 414 g/mol. The maximum Gasteiger partial charge on any atom is 0.237 e. The van der Waals surface area contributed by atoms with Gasteiger partial charge in [0.1, 0.15) is 0 Å². The van der Waals surface area contributed by atoms with E-state index in [0.717, 1.165) is 53.6 Å². The van der Waals surface area contributed by atoms with Gasteiger partial charge >= 0.3 is 0 Å². The fourth-order valence-corrected chi connectivity index (χ4v) is 4.50. The van der Waals surface area contributed by atoms with E-state index in [1.165, 1.54) is 0 Å². The van der Waals surface area contributed by atoms with E-state index < -0.39 is 0 Å². The van der Waals surface area contributed by atoms with Crippen LogP contribution in [0, 0.1) is 0 Å². The molecule has 7 heteroatoms. The summed E-state index contributed by atoms with van der Waals surface area (Å²) in [6.07, 6.45) is 1.56. The lowest BCUT2D eigenvalue weighted by Gasteiger charge is -2.27. The summed E-state index contributed by atoms with van der Waals surface area (Å²) in [4.78, 5) is 15.2. The Morgan fingerprint density at radius 1 is 1.16 bits per heavy atom. The van der Waals surface area contributed by atoms with Crippen molar-refractivity contribution in [1.82, 2.24) is 15.5 Å². The number of ether oxygens (including phenoxy) is 2. The first kappa shape index (κ1) is 21.9. The number of nitrogens with zero attached hydrogens (tertiary/aromatic N) is 1. The molecule has 2 aromatic carbocycles. The molecule has 0 aliphatic carbocycles. The zero-order valence-corrected chi connectivity index (χ0v) is 18.8. The molecule has 1 amide bonds. The molecule has 0 aromatic heterocycles. The molecule has 6 nitrogen and oxygen atoms in total. The van der Waals surface area contributed by atoms with Gasteiger partial charge in [0.05, 0.1) is 6.04 Å². The largest absolute Gasteiger partial charge is 0.454 e. The monoisotopic (exact) mass is 443 g/mol. The van der Waals surface area contributed by atoms with Crippen molar-refractivity contribution in [1.29, 1.82) is 0 Å². The van der Waals surface area contributed by atoms with Crippen LogP contribution in [-0.2, 0) is 17.8 Å². The number of carbonyl (C=O) groups is 1. The van der Waals surface area contributed by atoms with Crippen molar-refractivity contribution in [2.45, 2.75) is 51.4 Å². The fourth-order valence-electron chi connectivity index (χ4n) is 4.29. The lowest BCUT2D eigenvalue weighted by Crippen LogP contribution is -2.46. The normalized spacial score (nSPS) is 20.4. The third-order valence-electron chi connectivity index (χ3n) is 5.94. The second-order valence-corrected chi connectivity index (χ2v) is 8.91. The second-order valence-electron chi connectivity index (χ2n) is 8.48. The van der Waals surface area contributed by atoms with E-state index in [1.54, 1.807) is 0 Å². The summed E-state index contributed by atoms with van der Waals surface area (Å²) in [5.74, 6) is 1.66. The van der Waals surface area contributed by atoms with Crippen LogP contribution in [0.5, 0.6) is 11.5 Å². The van der Waals surface area contributed by atoms with Gasteiger partial charge in [0.25, 0.3) is 0 Å². The van der Waals surface area contributed by atoms with Gasteiger partial charge in [0, 0.05) is 36.7 Å². The van der Waals surface area contributed by atoms with Crippen molar-refractivity contribution in [2.75, 3.05) is 19.9 Å². The van der Waals surface area contributed by atoms with Gasteiger partial charge in [-0.25, -0.2) is 0 Å². The number of benzene rings is 2. The van der Waals surface area contributed by atoms with Gasteiger partial charge < -0.3 is 20.1 Å². The van der Waals surface area contributed by atoms with E-state index in [2.05, 4.69) is 35.4 Å². The SMILES string of the molecule is CC(C)N1C[C@@H](NCc2cccc(Cl)c2)C[C@H]1C(=O)NCCc1ccc2c(c1)OCO2. The Hall–Kier alpha value is -2.28. The lowest BCUT2D eigenvalue weighted by molar-refractivity contribution is -0.126. The zero-order chi connectivity index (χ0) is 21.8. The highest BCUT2D eigenvalue weighted by atomic mass is 35.5. The fraction of sp³-hybridized carbons (Fsp3) is 0.458. The van der Waals surface area contributed by atoms with Gasteiger partial charge in [-0.05, 0) is 62.1 Å². The topological polar surface area (TPSA) is 62.8 Å². The Morgan fingerprint density at radius 2 is 2.00 bits per heavy atom. The van der Waals surface area contributed by atoms with Crippen LogP contribution in [-0.4, -0.2) is 48.8 Å². The summed E-state index contributed by atoms with van der Waals surface area (Å²) < 4.78 is 10.8.